The molecule has 1 N–H and O–H groups in total. The third kappa shape index (κ3) is 11.2. The van der Waals surface area contributed by atoms with Crippen LogP contribution in [0.2, 0.25) is 0 Å². The largest absolute Gasteiger partial charge is 0.481 e. The van der Waals surface area contributed by atoms with Gasteiger partial charge in [0.25, 0.3) is 0 Å². The van der Waals surface area contributed by atoms with Gasteiger partial charge in [-0.05, 0) is 30.6 Å². The van der Waals surface area contributed by atoms with Gasteiger partial charge in [0, 0.05) is 6.42 Å². The SMILES string of the molecule is CC1OC(CC(C)(C)CCCCCCCCCCC(C)(C)CC(=O)O)O1. The lowest BCUT2D eigenvalue weighted by molar-refractivity contribution is -0.382. The fraction of sp³-hybridized carbons (Fsp3) is 0.955. The third-order valence-corrected chi connectivity index (χ3v) is 5.49. The highest BCUT2D eigenvalue weighted by Gasteiger charge is 2.32. The molecule has 1 aliphatic rings. The summed E-state index contributed by atoms with van der Waals surface area (Å²) in [6.07, 6.45) is 13.8. The van der Waals surface area contributed by atoms with Crippen LogP contribution in [0.25, 0.3) is 0 Å². The highest BCUT2D eigenvalue weighted by atomic mass is 16.9. The molecule has 0 aromatic heterocycles. The molecule has 0 aromatic carbocycles. The first-order valence-electron chi connectivity index (χ1n) is 10.6. The van der Waals surface area contributed by atoms with Gasteiger partial charge in [-0.15, -0.1) is 0 Å². The summed E-state index contributed by atoms with van der Waals surface area (Å²) >= 11 is 0. The van der Waals surface area contributed by atoms with Crippen molar-refractivity contribution in [3.8, 4) is 0 Å². The molecule has 0 bridgehead atoms. The summed E-state index contributed by atoms with van der Waals surface area (Å²) in [5, 5.41) is 8.90. The van der Waals surface area contributed by atoms with Crippen molar-refractivity contribution < 1.29 is 19.4 Å². The van der Waals surface area contributed by atoms with E-state index in [9.17, 15) is 4.79 Å². The lowest BCUT2D eigenvalue weighted by Gasteiger charge is -2.38. The summed E-state index contributed by atoms with van der Waals surface area (Å²) < 4.78 is 11.1. The number of hydrogen-bond donors (Lipinski definition) is 1. The molecule has 154 valence electrons. The Kier molecular flexibility index (Phi) is 10.2. The van der Waals surface area contributed by atoms with Crippen LogP contribution in [0.15, 0.2) is 0 Å². The topological polar surface area (TPSA) is 55.8 Å². The molecule has 0 radical (unpaired) electrons. The van der Waals surface area contributed by atoms with E-state index in [1.807, 2.05) is 6.92 Å². The van der Waals surface area contributed by atoms with Crippen LogP contribution < -0.4 is 0 Å². The molecule has 1 fully saturated rings. The maximum absolute atomic E-state index is 10.8. The molecule has 26 heavy (non-hydrogen) atoms. The standard InChI is InChI=1S/C22H42O4/c1-18-25-20(26-18)17-22(4,5)15-13-11-9-7-6-8-10-12-14-21(2,3)16-19(23)24/h18,20H,6-17H2,1-5H3,(H,23,24). The van der Waals surface area contributed by atoms with Crippen molar-refractivity contribution in [2.24, 2.45) is 10.8 Å². The monoisotopic (exact) mass is 370 g/mol. The Balaban J connectivity index is 1.91. The minimum atomic E-state index is -0.680. The average molecular weight is 371 g/mol. The van der Waals surface area contributed by atoms with Gasteiger partial charge >= 0.3 is 5.97 Å². The molecule has 1 rings (SSSR count). The maximum atomic E-state index is 10.8. The van der Waals surface area contributed by atoms with Crippen LogP contribution in [0, 0.1) is 10.8 Å². The van der Waals surface area contributed by atoms with Crippen molar-refractivity contribution in [2.75, 3.05) is 0 Å². The summed E-state index contributed by atoms with van der Waals surface area (Å²) in [7, 11) is 0. The van der Waals surface area contributed by atoms with E-state index in [4.69, 9.17) is 14.6 Å². The van der Waals surface area contributed by atoms with E-state index in [0.29, 0.717) is 5.41 Å². The normalized spacial score (nSPS) is 20.8. The van der Waals surface area contributed by atoms with Gasteiger partial charge < -0.3 is 14.6 Å². The lowest BCUT2D eigenvalue weighted by Crippen LogP contribution is -2.41. The second-order valence-electron chi connectivity index (χ2n) is 9.70. The molecule has 1 saturated heterocycles. The van der Waals surface area contributed by atoms with Crippen LogP contribution in [0.5, 0.6) is 0 Å². The molecular weight excluding hydrogens is 328 g/mol. The maximum Gasteiger partial charge on any atom is 0.303 e. The quantitative estimate of drug-likeness (QED) is 0.333. The van der Waals surface area contributed by atoms with Gasteiger partial charge in [-0.25, -0.2) is 0 Å². The minimum Gasteiger partial charge on any atom is -0.481 e. The highest BCUT2D eigenvalue weighted by molar-refractivity contribution is 5.67. The zero-order chi connectivity index (χ0) is 19.6. The second-order valence-corrected chi connectivity index (χ2v) is 9.70. The molecule has 0 saturated carbocycles. The molecule has 0 amide bonds. The number of ether oxygens (including phenoxy) is 2. The first-order valence-corrected chi connectivity index (χ1v) is 10.6. The van der Waals surface area contributed by atoms with E-state index in [1.165, 1.54) is 51.4 Å². The van der Waals surface area contributed by atoms with Gasteiger partial charge in [0.05, 0.1) is 6.42 Å². The smallest absolute Gasteiger partial charge is 0.303 e. The van der Waals surface area contributed by atoms with Gasteiger partial charge in [-0.3, -0.25) is 4.79 Å². The van der Waals surface area contributed by atoms with E-state index in [0.717, 1.165) is 19.3 Å². The van der Waals surface area contributed by atoms with Crippen molar-refractivity contribution in [3.05, 3.63) is 0 Å². The Morgan fingerprint density at radius 2 is 1.23 bits per heavy atom. The third-order valence-electron chi connectivity index (χ3n) is 5.49. The van der Waals surface area contributed by atoms with Crippen LogP contribution in [-0.4, -0.2) is 23.7 Å². The molecule has 0 spiro atoms. The molecular formula is C22H42O4. The highest BCUT2D eigenvalue weighted by Crippen LogP contribution is 2.34. The van der Waals surface area contributed by atoms with Crippen molar-refractivity contribution in [1.82, 2.24) is 0 Å². The van der Waals surface area contributed by atoms with Crippen molar-refractivity contribution in [2.45, 2.75) is 124 Å². The van der Waals surface area contributed by atoms with Gasteiger partial charge in [0.2, 0.25) is 0 Å². The Morgan fingerprint density at radius 1 is 0.808 bits per heavy atom. The molecule has 0 atom stereocenters. The Labute approximate surface area is 161 Å². The summed E-state index contributed by atoms with van der Waals surface area (Å²) in [6, 6.07) is 0. The van der Waals surface area contributed by atoms with Gasteiger partial charge in [-0.1, -0.05) is 79.1 Å². The van der Waals surface area contributed by atoms with E-state index in [1.54, 1.807) is 0 Å². The van der Waals surface area contributed by atoms with Crippen LogP contribution in [-0.2, 0) is 14.3 Å². The number of carboxylic acid groups (broad SMARTS) is 1. The van der Waals surface area contributed by atoms with E-state index < -0.39 is 5.97 Å². The van der Waals surface area contributed by atoms with Crippen molar-refractivity contribution >= 4 is 5.97 Å². The van der Waals surface area contributed by atoms with E-state index in [2.05, 4.69) is 27.7 Å². The van der Waals surface area contributed by atoms with Crippen LogP contribution in [0.3, 0.4) is 0 Å². The lowest BCUT2D eigenvalue weighted by atomic mass is 9.83. The van der Waals surface area contributed by atoms with Gasteiger partial charge in [0.15, 0.2) is 12.6 Å². The zero-order valence-corrected chi connectivity index (χ0v) is 17.8. The molecule has 1 aliphatic heterocycles. The Bertz CT molecular complexity index is 397. The first-order chi connectivity index (χ1) is 12.1. The molecule has 4 nitrogen and oxygen atoms in total. The average Bonchev–Trinajstić information content (AvgIpc) is 2.46. The van der Waals surface area contributed by atoms with Gasteiger partial charge in [0.1, 0.15) is 0 Å². The van der Waals surface area contributed by atoms with Crippen LogP contribution in [0.1, 0.15) is 112 Å². The van der Waals surface area contributed by atoms with Gasteiger partial charge in [-0.2, -0.15) is 0 Å². The fourth-order valence-corrected chi connectivity index (χ4v) is 3.85. The Morgan fingerprint density at radius 3 is 1.65 bits per heavy atom. The van der Waals surface area contributed by atoms with Crippen molar-refractivity contribution in [3.63, 3.8) is 0 Å². The molecule has 0 aromatic rings. The zero-order valence-electron chi connectivity index (χ0n) is 17.8. The Hall–Kier alpha value is -0.610. The fourth-order valence-electron chi connectivity index (χ4n) is 3.85. The summed E-state index contributed by atoms with van der Waals surface area (Å²) in [5.41, 5.74) is 0.236. The summed E-state index contributed by atoms with van der Waals surface area (Å²) in [5.74, 6) is -0.680. The second kappa shape index (κ2) is 11.3. The van der Waals surface area contributed by atoms with Crippen LogP contribution >= 0.6 is 0 Å². The van der Waals surface area contributed by atoms with Crippen molar-refractivity contribution in [1.29, 1.82) is 0 Å². The predicted octanol–water partition coefficient (Wildman–Crippen LogP) is 6.52. The molecule has 1 heterocycles. The summed E-state index contributed by atoms with van der Waals surface area (Å²) in [4.78, 5) is 10.8. The minimum absolute atomic E-state index is 0.0143. The number of carbonyl (C=O) groups is 1. The van der Waals surface area contributed by atoms with E-state index in [-0.39, 0.29) is 24.4 Å². The van der Waals surface area contributed by atoms with Crippen LogP contribution in [0.4, 0.5) is 0 Å². The summed E-state index contributed by atoms with van der Waals surface area (Å²) in [6.45, 7) is 10.7. The molecule has 0 aliphatic carbocycles. The predicted molar refractivity (Wildman–Crippen MR) is 106 cm³/mol. The number of aliphatic carboxylic acids is 1. The van der Waals surface area contributed by atoms with E-state index >= 15 is 0 Å². The number of hydrogen-bond acceptors (Lipinski definition) is 3. The number of carboxylic acids is 1. The number of rotatable bonds is 15. The molecule has 4 heteroatoms. The number of unbranched alkanes of at least 4 members (excludes halogenated alkanes) is 7. The molecule has 0 unspecified atom stereocenters. The first kappa shape index (κ1) is 23.4.